The number of aliphatic hydroxyl groups excluding tert-OH is 1. The first kappa shape index (κ1) is 16.1. The van der Waals surface area contributed by atoms with Gasteiger partial charge in [0.1, 0.15) is 0 Å². The van der Waals surface area contributed by atoms with Gasteiger partial charge in [0.2, 0.25) is 0 Å². The number of hydrogen-bond acceptors (Lipinski definition) is 1. The molecule has 2 nitrogen and oxygen atoms in total. The average Bonchev–Trinajstić information content (AvgIpc) is 0.811. The van der Waals surface area contributed by atoms with Crippen LogP contribution in [0, 0.1) is 7.43 Å². The van der Waals surface area contributed by atoms with Crippen LogP contribution in [0.1, 0.15) is 0 Å². The fraction of sp³-hybridized carbons (Fsp3) is 0. The summed E-state index contributed by atoms with van der Waals surface area (Å²) in [6, 6.07) is 0. The Labute approximate surface area is 63.3 Å². The van der Waals surface area contributed by atoms with Crippen molar-refractivity contribution in [2.24, 2.45) is 0 Å². The first-order valence-electron chi connectivity index (χ1n) is 0.827. The summed E-state index contributed by atoms with van der Waals surface area (Å²) < 4.78 is 0. The van der Waals surface area contributed by atoms with E-state index < -0.39 is 5.88 Å². The summed E-state index contributed by atoms with van der Waals surface area (Å²) in [6.07, 6.45) is 0. The molecule has 1 radical (unpaired) electrons. The molecule has 0 aliphatic heterocycles. The topological polar surface area (TPSA) is 44.0 Å². The number of nitrogens with one attached hydrogen (secondary N) is 1. The van der Waals surface area contributed by atoms with E-state index in [1.165, 1.54) is 0 Å². The van der Waals surface area contributed by atoms with Gasteiger partial charge in [0, 0.05) is 38.6 Å². The fourth-order valence-electron chi connectivity index (χ4n) is 0. The second-order valence-corrected chi connectivity index (χ2v) is 0.447. The van der Waals surface area contributed by atoms with Crippen LogP contribution < -0.4 is 0 Å². The van der Waals surface area contributed by atoms with Gasteiger partial charge in [-0.25, -0.2) is 0 Å². The minimum Gasteiger partial charge on any atom is -0.669 e. The smallest absolute Gasteiger partial charge is 0.000394 e. The first-order chi connectivity index (χ1) is 1.73. The zero-order valence-electron chi connectivity index (χ0n) is 3.73. The molecule has 0 aliphatic carbocycles. The Balaban J connectivity index is -0.0000000450. The zero-order valence-corrected chi connectivity index (χ0v) is 6.57. The summed E-state index contributed by atoms with van der Waals surface area (Å²) >= 11 is 0. The summed E-state index contributed by atoms with van der Waals surface area (Å²) in [6.45, 7) is 2.78. The van der Waals surface area contributed by atoms with E-state index in [2.05, 4.69) is 6.58 Å². The van der Waals surface area contributed by atoms with Gasteiger partial charge in [0.15, 0.2) is 0 Å². The van der Waals surface area contributed by atoms with Crippen molar-refractivity contribution in [1.82, 2.24) is 0 Å². The molecule has 0 unspecified atom stereocenters. The zero-order chi connectivity index (χ0) is 3.58. The van der Waals surface area contributed by atoms with E-state index in [0.29, 0.717) is 0 Å². The maximum atomic E-state index is 7.53. The van der Waals surface area contributed by atoms with Gasteiger partial charge in [-0.15, -0.1) is 0 Å². The standard InChI is InChI=1S/C2H4NO.CH3.Y/c1-2(3)4;;/h3-4H,1H2;1H3;/q2*-1;. The summed E-state index contributed by atoms with van der Waals surface area (Å²) in [7, 11) is 0. The van der Waals surface area contributed by atoms with Gasteiger partial charge in [-0.3, -0.25) is 0 Å². The number of rotatable bonds is 0. The van der Waals surface area contributed by atoms with Gasteiger partial charge in [0.05, 0.1) is 0 Å². The van der Waals surface area contributed by atoms with Crippen LogP contribution >= 0.6 is 0 Å². The molecule has 0 saturated carbocycles. The van der Waals surface area contributed by atoms with Crippen LogP contribution in [0.3, 0.4) is 0 Å². The van der Waals surface area contributed by atoms with Crippen molar-refractivity contribution in [3.8, 4) is 0 Å². The monoisotopic (exact) mass is 162 g/mol. The molecule has 35 valence electrons. The predicted octanol–water partition coefficient (Wildman–Crippen LogP) is 1.52. The minimum atomic E-state index is -0.583. The molecule has 3 heteroatoms. The Hall–Kier alpha value is 0.444. The molecule has 0 aromatic carbocycles. The van der Waals surface area contributed by atoms with Crippen LogP contribution in [0.5, 0.6) is 0 Å². The van der Waals surface area contributed by atoms with E-state index in [9.17, 15) is 0 Å². The normalized spacial score (nSPS) is 4.00. The molecule has 2 N–H and O–H groups in total. The number of aliphatic hydroxyl groups is 1. The van der Waals surface area contributed by atoms with Crippen molar-refractivity contribution in [1.29, 1.82) is 0 Å². The van der Waals surface area contributed by atoms with Crippen molar-refractivity contribution in [2.75, 3.05) is 0 Å². The van der Waals surface area contributed by atoms with Crippen LogP contribution in [0.15, 0.2) is 12.5 Å². The molecular formula is C3H7NOY-2. The van der Waals surface area contributed by atoms with Crippen LogP contribution in [0.2, 0.25) is 0 Å². The number of hydrogen-bond donors (Lipinski definition) is 1. The third-order valence-electron chi connectivity index (χ3n) is 0. The van der Waals surface area contributed by atoms with Crippen LogP contribution in [0.25, 0.3) is 5.73 Å². The van der Waals surface area contributed by atoms with E-state index in [1.807, 2.05) is 0 Å². The van der Waals surface area contributed by atoms with Crippen molar-refractivity contribution in [3.05, 3.63) is 25.6 Å². The third-order valence-corrected chi connectivity index (χ3v) is 0. The van der Waals surface area contributed by atoms with Crippen molar-refractivity contribution in [3.63, 3.8) is 0 Å². The summed E-state index contributed by atoms with van der Waals surface area (Å²) in [4.78, 5) is 0. The van der Waals surface area contributed by atoms with E-state index in [0.717, 1.165) is 0 Å². The molecule has 0 atom stereocenters. The van der Waals surface area contributed by atoms with Crippen LogP contribution in [-0.2, 0) is 32.7 Å². The molecule has 0 bridgehead atoms. The van der Waals surface area contributed by atoms with E-state index in [1.54, 1.807) is 0 Å². The van der Waals surface area contributed by atoms with Gasteiger partial charge < -0.3 is 18.3 Å². The molecular weight excluding hydrogens is 155 g/mol. The molecule has 0 spiro atoms. The molecule has 0 aromatic heterocycles. The molecule has 6 heavy (non-hydrogen) atoms. The molecule has 0 aromatic rings. The maximum Gasteiger partial charge on any atom is 0.000394 e. The van der Waals surface area contributed by atoms with E-state index in [4.69, 9.17) is 10.8 Å². The van der Waals surface area contributed by atoms with Crippen molar-refractivity contribution in [2.45, 2.75) is 0 Å². The molecule has 0 fully saturated rings. The predicted molar refractivity (Wildman–Crippen MR) is 22.5 cm³/mol. The Morgan fingerprint density at radius 2 is 1.67 bits per heavy atom. The second-order valence-electron chi connectivity index (χ2n) is 0.447. The summed E-state index contributed by atoms with van der Waals surface area (Å²) in [5, 5.41) is 7.53. The second kappa shape index (κ2) is 9.06. The van der Waals surface area contributed by atoms with Gasteiger partial charge in [-0.2, -0.15) is 0 Å². The van der Waals surface area contributed by atoms with Gasteiger partial charge in [-0.05, 0) is 0 Å². The molecule has 0 aliphatic rings. The third kappa shape index (κ3) is 267. The minimum absolute atomic E-state index is 0. The maximum absolute atomic E-state index is 7.53. The Morgan fingerprint density at radius 1 is 1.67 bits per heavy atom. The Bertz CT molecular complexity index is 33.8. The Kier molecular flexibility index (Phi) is 24.3. The summed E-state index contributed by atoms with van der Waals surface area (Å²) in [5.41, 5.74) is 5.94. The fourth-order valence-corrected chi connectivity index (χ4v) is 0. The van der Waals surface area contributed by atoms with Gasteiger partial charge >= 0.3 is 0 Å². The van der Waals surface area contributed by atoms with E-state index >= 15 is 0 Å². The largest absolute Gasteiger partial charge is 0.669 e. The quantitative estimate of drug-likeness (QED) is 0.425. The first-order valence-corrected chi connectivity index (χ1v) is 0.827. The SMILES string of the molecule is C=C([NH-])O.[CH3-].[Y]. The summed E-state index contributed by atoms with van der Waals surface area (Å²) in [5.74, 6) is -0.583. The molecule has 0 rings (SSSR count). The van der Waals surface area contributed by atoms with Crippen LogP contribution in [0.4, 0.5) is 0 Å². The van der Waals surface area contributed by atoms with E-state index in [-0.39, 0.29) is 40.1 Å². The van der Waals surface area contributed by atoms with Crippen molar-refractivity contribution >= 4 is 0 Å². The van der Waals surface area contributed by atoms with Gasteiger partial charge in [-0.1, -0.05) is 6.58 Å². The van der Waals surface area contributed by atoms with Crippen LogP contribution in [-0.4, -0.2) is 5.11 Å². The molecule has 0 saturated heterocycles. The van der Waals surface area contributed by atoms with Gasteiger partial charge in [0.25, 0.3) is 0 Å². The van der Waals surface area contributed by atoms with Crippen molar-refractivity contribution < 1.29 is 37.8 Å². The average molecular weight is 162 g/mol. The molecule has 0 amide bonds. The molecule has 0 heterocycles. The Morgan fingerprint density at radius 3 is 1.67 bits per heavy atom.